The zero-order valence-corrected chi connectivity index (χ0v) is 26.5. The van der Waals surface area contributed by atoms with Crippen LogP contribution in [0.1, 0.15) is 100 Å². The first-order valence-corrected chi connectivity index (χ1v) is 14.2. The molecule has 3 atom stereocenters. The Morgan fingerprint density at radius 1 is 1.02 bits per heavy atom. The first-order valence-electron chi connectivity index (χ1n) is 14.2. The largest absolute Gasteiger partial charge is 0.464 e. The van der Waals surface area contributed by atoms with E-state index in [9.17, 15) is 29.1 Å². The Morgan fingerprint density at radius 3 is 2.00 bits per heavy atom. The number of aliphatic hydroxyl groups is 1. The highest BCUT2D eigenvalue weighted by atomic mass is 16.6. The van der Waals surface area contributed by atoms with Gasteiger partial charge in [-0.05, 0) is 71.8 Å². The van der Waals surface area contributed by atoms with Gasteiger partial charge in [0.05, 0.1) is 13.2 Å². The molecule has 3 unspecified atom stereocenters. The second-order valence-corrected chi connectivity index (χ2v) is 9.41. The maximum Gasteiger partial charge on any atom is 0.328 e. The van der Waals surface area contributed by atoms with Crippen LogP contribution in [0.3, 0.4) is 0 Å². The number of hydrogen-bond acceptors (Lipinski definition) is 9. The number of piperidine rings is 1. The molecular formula is C30H55NO9. The zero-order chi connectivity index (χ0) is 31.7. The van der Waals surface area contributed by atoms with Crippen molar-refractivity contribution >= 4 is 29.7 Å². The van der Waals surface area contributed by atoms with Gasteiger partial charge in [-0.2, -0.15) is 0 Å². The summed E-state index contributed by atoms with van der Waals surface area (Å²) in [6.07, 6.45) is 7.38. The van der Waals surface area contributed by atoms with E-state index >= 15 is 0 Å². The van der Waals surface area contributed by atoms with Crippen LogP contribution in [0.15, 0.2) is 11.6 Å². The monoisotopic (exact) mass is 573 g/mol. The normalized spacial score (nSPS) is 21.7. The quantitative estimate of drug-likeness (QED) is 0.203. The molecule has 0 radical (unpaired) electrons. The number of carbonyl (C=O) groups excluding carboxylic acids is 5. The van der Waals surface area contributed by atoms with Crippen LogP contribution in [0.2, 0.25) is 0 Å². The molecule has 2 heterocycles. The van der Waals surface area contributed by atoms with E-state index in [1.807, 2.05) is 34.6 Å². The van der Waals surface area contributed by atoms with Crippen molar-refractivity contribution in [2.75, 3.05) is 34.0 Å². The topological polar surface area (TPSA) is 137 Å². The molecule has 234 valence electrons. The van der Waals surface area contributed by atoms with Gasteiger partial charge in [-0.15, -0.1) is 0 Å². The summed E-state index contributed by atoms with van der Waals surface area (Å²) in [7, 11) is 3.25. The number of rotatable bonds is 7. The van der Waals surface area contributed by atoms with Gasteiger partial charge >= 0.3 is 5.97 Å². The minimum atomic E-state index is -2.09. The molecule has 10 nitrogen and oxygen atoms in total. The van der Waals surface area contributed by atoms with E-state index in [-0.39, 0.29) is 19.0 Å². The number of Topliss-reactive ketones (excluding diaryl/α,β-unsaturated/α-hetero) is 2. The Hall–Kier alpha value is -2.43. The van der Waals surface area contributed by atoms with Crippen molar-refractivity contribution in [1.82, 2.24) is 4.90 Å². The number of carbonyl (C=O) groups is 5. The van der Waals surface area contributed by atoms with Crippen LogP contribution in [0.4, 0.5) is 0 Å². The average Bonchev–Trinajstić information content (AvgIpc) is 2.94. The number of esters is 1. The van der Waals surface area contributed by atoms with Gasteiger partial charge in [0.2, 0.25) is 5.79 Å². The predicted octanol–water partition coefficient (Wildman–Crippen LogP) is 4.45. The predicted molar refractivity (Wildman–Crippen MR) is 156 cm³/mol. The number of allylic oxidation sites excluding steroid dienone is 2. The van der Waals surface area contributed by atoms with Gasteiger partial charge in [-0.3, -0.25) is 14.4 Å². The van der Waals surface area contributed by atoms with Gasteiger partial charge in [-0.1, -0.05) is 40.2 Å². The molecule has 2 rings (SSSR count). The van der Waals surface area contributed by atoms with Crippen molar-refractivity contribution in [2.24, 2.45) is 5.92 Å². The Kier molecular flexibility index (Phi) is 26.8. The van der Waals surface area contributed by atoms with Crippen LogP contribution in [-0.4, -0.2) is 85.5 Å². The molecule has 0 aromatic carbocycles. The first kappa shape index (κ1) is 42.0. The summed E-state index contributed by atoms with van der Waals surface area (Å²) >= 11 is 0. The number of nitrogens with zero attached hydrogens (tertiary/aromatic N) is 1. The highest BCUT2D eigenvalue weighted by Gasteiger charge is 2.50. The summed E-state index contributed by atoms with van der Waals surface area (Å²) in [5.41, 5.74) is 1.13. The van der Waals surface area contributed by atoms with Gasteiger partial charge in [-0.25, -0.2) is 4.79 Å². The maximum atomic E-state index is 12.7. The van der Waals surface area contributed by atoms with Crippen molar-refractivity contribution in [3.63, 3.8) is 0 Å². The van der Waals surface area contributed by atoms with E-state index in [0.29, 0.717) is 32.2 Å². The lowest BCUT2D eigenvalue weighted by Crippen LogP contribution is -2.59. The molecule has 0 aliphatic carbocycles. The smallest absolute Gasteiger partial charge is 0.328 e. The standard InChI is InChI=1S/C17H27NO6.C6H10O.C3H6O.C2H6O.C2H6/c1-3-10-23-16(21)13-8-4-5-9-18(13)15(20)14(19)17(22)12(2)7-6-11-24-17;1-3-6(2)4-5-7;1-3(2)4;1-3-2;1-2/h12-13,22H,3-11H2,1-2H3;4-5H,3H2,1-2H3;1-2H3;1-2H3;1-2H3/b;6-4+;;;. The third-order valence-corrected chi connectivity index (χ3v) is 5.69. The number of hydrogen-bond donors (Lipinski definition) is 1. The summed E-state index contributed by atoms with van der Waals surface area (Å²) < 4.78 is 14.6. The van der Waals surface area contributed by atoms with Crippen LogP contribution in [0.25, 0.3) is 0 Å². The van der Waals surface area contributed by atoms with E-state index in [0.717, 1.165) is 31.1 Å². The Balaban J connectivity index is -0.000000706. The number of aldehydes is 1. The SMILES string of the molecule is CC.CC(C)=O.CC/C(C)=C/C=O.CCCOC(=O)C1CCCCN1C(=O)C(=O)C1(O)OCCCC1C.COC. The van der Waals surface area contributed by atoms with E-state index in [2.05, 4.69) is 4.74 Å². The lowest BCUT2D eigenvalue weighted by Gasteiger charge is -2.39. The molecule has 10 heteroatoms. The average molecular weight is 574 g/mol. The molecule has 2 fully saturated rings. The fourth-order valence-electron chi connectivity index (χ4n) is 3.48. The van der Waals surface area contributed by atoms with Crippen molar-refractivity contribution in [1.29, 1.82) is 0 Å². The fraction of sp³-hybridized carbons (Fsp3) is 0.767. The number of methoxy groups -OCH3 is 1. The lowest BCUT2D eigenvalue weighted by atomic mass is 9.88. The van der Waals surface area contributed by atoms with Gasteiger partial charge in [0.15, 0.2) is 0 Å². The highest BCUT2D eigenvalue weighted by Crippen LogP contribution is 2.31. The van der Waals surface area contributed by atoms with E-state index in [1.165, 1.54) is 18.7 Å². The highest BCUT2D eigenvalue weighted by molar-refractivity contribution is 6.39. The number of likely N-dealkylation sites (tertiary alicyclic amines) is 1. The molecule has 0 bridgehead atoms. The van der Waals surface area contributed by atoms with Crippen LogP contribution in [0.5, 0.6) is 0 Å². The van der Waals surface area contributed by atoms with E-state index in [1.54, 1.807) is 27.2 Å². The molecule has 2 saturated heterocycles. The second-order valence-electron chi connectivity index (χ2n) is 9.41. The molecule has 0 aromatic rings. The van der Waals surface area contributed by atoms with Crippen molar-refractivity contribution in [3.8, 4) is 0 Å². The third-order valence-electron chi connectivity index (χ3n) is 5.69. The molecule has 2 aliphatic heterocycles. The Morgan fingerprint density at radius 2 is 1.57 bits per heavy atom. The fourth-order valence-corrected chi connectivity index (χ4v) is 3.48. The number of amides is 1. The molecule has 0 aromatic heterocycles. The Labute approximate surface area is 241 Å². The van der Waals surface area contributed by atoms with Gasteiger partial charge < -0.3 is 29.0 Å². The minimum absolute atomic E-state index is 0.167. The van der Waals surface area contributed by atoms with Crippen molar-refractivity contribution in [3.05, 3.63) is 11.6 Å². The summed E-state index contributed by atoms with van der Waals surface area (Å²) in [5.74, 6) is -4.71. The van der Waals surface area contributed by atoms with Gasteiger partial charge in [0, 0.05) is 26.7 Å². The minimum Gasteiger partial charge on any atom is -0.464 e. The molecule has 0 spiro atoms. The third kappa shape index (κ3) is 17.3. The number of ether oxygens (including phenoxy) is 3. The first-order chi connectivity index (χ1) is 18.9. The Bertz CT molecular complexity index is 762. The van der Waals surface area contributed by atoms with Crippen LogP contribution in [0, 0.1) is 5.92 Å². The van der Waals surface area contributed by atoms with Crippen LogP contribution >= 0.6 is 0 Å². The molecule has 2 aliphatic rings. The second kappa shape index (κ2) is 25.5. The molecule has 0 saturated carbocycles. The zero-order valence-electron chi connectivity index (χ0n) is 26.5. The molecule has 40 heavy (non-hydrogen) atoms. The summed E-state index contributed by atoms with van der Waals surface area (Å²) in [6, 6.07) is -0.760. The number of ketones is 2. The molecule has 1 N–H and O–H groups in total. The summed E-state index contributed by atoms with van der Waals surface area (Å²) in [6.45, 7) is 15.4. The van der Waals surface area contributed by atoms with E-state index in [4.69, 9.17) is 9.47 Å². The van der Waals surface area contributed by atoms with Crippen LogP contribution in [-0.2, 0) is 38.2 Å². The summed E-state index contributed by atoms with van der Waals surface area (Å²) in [4.78, 5) is 57.8. The summed E-state index contributed by atoms with van der Waals surface area (Å²) in [5, 5.41) is 10.5. The lowest BCUT2D eigenvalue weighted by molar-refractivity contribution is -0.240. The van der Waals surface area contributed by atoms with E-state index < -0.39 is 35.4 Å². The van der Waals surface area contributed by atoms with Crippen molar-refractivity contribution in [2.45, 2.75) is 112 Å². The maximum absolute atomic E-state index is 12.7. The van der Waals surface area contributed by atoms with Crippen LogP contribution < -0.4 is 0 Å². The van der Waals surface area contributed by atoms with Crippen molar-refractivity contribution < 1.29 is 43.3 Å². The van der Waals surface area contributed by atoms with Gasteiger partial charge in [0.1, 0.15) is 18.1 Å². The molecule has 1 amide bonds. The van der Waals surface area contributed by atoms with Gasteiger partial charge in [0.25, 0.3) is 11.7 Å². The molecular weight excluding hydrogens is 518 g/mol.